The van der Waals surface area contributed by atoms with Crippen molar-refractivity contribution in [3.8, 4) is 11.3 Å². The van der Waals surface area contributed by atoms with Gasteiger partial charge in [0, 0.05) is 55.5 Å². The van der Waals surface area contributed by atoms with E-state index < -0.39 is 0 Å². The second kappa shape index (κ2) is 8.03. The Bertz CT molecular complexity index is 1350. The summed E-state index contributed by atoms with van der Waals surface area (Å²) in [6.07, 6.45) is 3.72. The van der Waals surface area contributed by atoms with E-state index in [4.69, 9.17) is 9.72 Å². The van der Waals surface area contributed by atoms with Crippen LogP contribution in [0.4, 0.5) is 5.13 Å². The average Bonchev–Trinajstić information content (AvgIpc) is 3.49. The van der Waals surface area contributed by atoms with E-state index in [1.54, 1.807) is 17.7 Å². The van der Waals surface area contributed by atoms with Gasteiger partial charge in [-0.2, -0.15) is 5.10 Å². The van der Waals surface area contributed by atoms with Crippen molar-refractivity contribution in [3.05, 3.63) is 29.2 Å². The first kappa shape index (κ1) is 22.0. The molecule has 0 radical (unpaired) electrons. The summed E-state index contributed by atoms with van der Waals surface area (Å²) >= 11 is 1.78. The highest BCUT2D eigenvalue weighted by molar-refractivity contribution is 7.21. The van der Waals surface area contributed by atoms with Crippen LogP contribution in [0.3, 0.4) is 0 Å². The number of aromatic amines is 1. The maximum atomic E-state index is 5.44. The van der Waals surface area contributed by atoms with Gasteiger partial charge < -0.3 is 14.6 Å². The van der Waals surface area contributed by atoms with E-state index in [1.807, 2.05) is 4.52 Å². The zero-order valence-corrected chi connectivity index (χ0v) is 21.5. The van der Waals surface area contributed by atoms with Crippen LogP contribution in [0.15, 0.2) is 12.5 Å². The molecule has 8 nitrogen and oxygen atoms in total. The summed E-state index contributed by atoms with van der Waals surface area (Å²) in [5, 5.41) is 5.53. The van der Waals surface area contributed by atoms with Crippen LogP contribution >= 0.6 is 11.3 Å². The van der Waals surface area contributed by atoms with Crippen LogP contribution in [0.25, 0.3) is 27.3 Å². The number of anilines is 1. The fourth-order valence-corrected chi connectivity index (χ4v) is 6.45. The highest BCUT2D eigenvalue weighted by atomic mass is 32.1. The van der Waals surface area contributed by atoms with Crippen LogP contribution in [0.2, 0.25) is 0 Å². The van der Waals surface area contributed by atoms with Gasteiger partial charge in [-0.05, 0) is 30.9 Å². The van der Waals surface area contributed by atoms with Gasteiger partial charge in [-0.15, -0.1) is 0 Å². The van der Waals surface area contributed by atoms with Crippen molar-refractivity contribution in [1.82, 2.24) is 29.5 Å². The predicted octanol–water partition coefficient (Wildman–Crippen LogP) is 4.23. The number of hydrogen-bond donors (Lipinski definition) is 1. The zero-order valence-electron chi connectivity index (χ0n) is 20.7. The molecule has 0 bridgehead atoms. The number of thiazole rings is 1. The summed E-state index contributed by atoms with van der Waals surface area (Å²) in [6.45, 7) is 18.3. The number of H-pyrrole nitrogens is 1. The molecule has 0 saturated carbocycles. The largest absolute Gasteiger partial charge is 0.380 e. The first-order chi connectivity index (χ1) is 16.3. The van der Waals surface area contributed by atoms with Gasteiger partial charge in [0.05, 0.1) is 18.9 Å². The minimum Gasteiger partial charge on any atom is -0.380 e. The van der Waals surface area contributed by atoms with E-state index in [-0.39, 0.29) is 0 Å². The molecule has 2 fully saturated rings. The lowest BCUT2D eigenvalue weighted by Gasteiger charge is -2.44. The molecule has 0 spiro atoms. The van der Waals surface area contributed by atoms with Crippen molar-refractivity contribution >= 4 is 32.5 Å². The van der Waals surface area contributed by atoms with E-state index in [0.717, 1.165) is 78.3 Å². The second-order valence-electron chi connectivity index (χ2n) is 10.6. The number of nitrogens with zero attached hydrogens (tertiary/aromatic N) is 6. The number of aryl methyl sites for hydroxylation is 1. The minimum absolute atomic E-state index is 0.341. The van der Waals surface area contributed by atoms with E-state index >= 15 is 0 Å². The molecule has 4 aromatic rings. The van der Waals surface area contributed by atoms with Crippen molar-refractivity contribution in [3.63, 3.8) is 0 Å². The number of hydrogen-bond acceptors (Lipinski definition) is 7. The van der Waals surface area contributed by atoms with Crippen molar-refractivity contribution in [2.75, 3.05) is 50.8 Å². The lowest BCUT2D eigenvalue weighted by molar-refractivity contribution is -0.115. The van der Waals surface area contributed by atoms with E-state index in [2.05, 4.69) is 65.7 Å². The van der Waals surface area contributed by atoms with Gasteiger partial charge >= 0.3 is 0 Å². The summed E-state index contributed by atoms with van der Waals surface area (Å²) in [7, 11) is 0. The Kier molecular flexibility index (Phi) is 5.20. The molecule has 9 heteroatoms. The minimum atomic E-state index is 0.341. The monoisotopic (exact) mass is 479 g/mol. The topological polar surface area (TPSA) is 74.6 Å². The van der Waals surface area contributed by atoms with E-state index in [0.29, 0.717) is 11.3 Å². The molecule has 6 heterocycles. The highest BCUT2D eigenvalue weighted by Crippen LogP contribution is 2.41. The maximum Gasteiger partial charge on any atom is 0.187 e. The number of ether oxygens (including phenoxy) is 1. The predicted molar refractivity (Wildman–Crippen MR) is 137 cm³/mol. The Hall–Kier alpha value is -2.49. The summed E-state index contributed by atoms with van der Waals surface area (Å²) < 4.78 is 7.32. The Balaban J connectivity index is 1.30. The summed E-state index contributed by atoms with van der Waals surface area (Å²) in [5.74, 6) is 0.354. The quantitative estimate of drug-likeness (QED) is 0.462. The fourth-order valence-electron chi connectivity index (χ4n) is 5.42. The number of rotatable bonds is 5. The number of nitrogens with one attached hydrogen (secondary N) is 1. The van der Waals surface area contributed by atoms with Crippen LogP contribution in [-0.2, 0) is 4.74 Å². The van der Waals surface area contributed by atoms with Gasteiger partial charge in [0.2, 0.25) is 0 Å². The molecular weight excluding hydrogens is 446 g/mol. The molecule has 0 unspecified atom stereocenters. The molecule has 2 aliphatic heterocycles. The molecule has 2 aliphatic rings. The van der Waals surface area contributed by atoms with Gasteiger partial charge in [-0.3, -0.25) is 4.90 Å². The fraction of sp³-hybridized carbons (Fsp3) is 0.560. The van der Waals surface area contributed by atoms with Crippen LogP contribution in [0.5, 0.6) is 0 Å². The molecule has 0 aliphatic carbocycles. The summed E-state index contributed by atoms with van der Waals surface area (Å²) in [5.41, 5.74) is 8.39. The molecule has 0 aromatic carbocycles. The molecular formula is C25H33N7OS. The molecule has 2 saturated heterocycles. The first-order valence-corrected chi connectivity index (χ1v) is 13.0. The smallest absolute Gasteiger partial charge is 0.187 e. The standard InChI is InChI=1S/C25H33N7OS/c1-15(2)19-20(18-10-32-22(26-14-27-32)17(4)16(18)3)28-23-21(19)29-24(34-23)31-8-6-30(7-9-31)11-25(5)12-33-13-25/h10,14-15,28H,6-9,11-13H2,1-5H3. The Labute approximate surface area is 203 Å². The van der Waals surface area contributed by atoms with Gasteiger partial charge in [-0.25, -0.2) is 14.5 Å². The average molecular weight is 480 g/mol. The lowest BCUT2D eigenvalue weighted by Crippen LogP contribution is -2.54. The van der Waals surface area contributed by atoms with E-state index in [9.17, 15) is 0 Å². The van der Waals surface area contributed by atoms with Crippen LogP contribution in [0.1, 0.15) is 43.4 Å². The molecule has 6 rings (SSSR count). The van der Waals surface area contributed by atoms with Crippen LogP contribution in [0, 0.1) is 19.3 Å². The third-order valence-electron chi connectivity index (χ3n) is 7.50. The third kappa shape index (κ3) is 3.52. The van der Waals surface area contributed by atoms with Crippen molar-refractivity contribution in [2.24, 2.45) is 5.41 Å². The molecule has 0 amide bonds. The number of fused-ring (bicyclic) bond motifs is 2. The van der Waals surface area contributed by atoms with Crippen molar-refractivity contribution in [1.29, 1.82) is 0 Å². The molecule has 34 heavy (non-hydrogen) atoms. The van der Waals surface area contributed by atoms with E-state index in [1.165, 1.54) is 16.7 Å². The molecule has 4 aromatic heterocycles. The first-order valence-electron chi connectivity index (χ1n) is 12.2. The van der Waals surface area contributed by atoms with Crippen molar-refractivity contribution < 1.29 is 4.74 Å². The SMILES string of the molecule is Cc1c(-c2[nH]c3sc(N4CCN(CC5(C)COC5)CC4)nc3c2C(C)C)cn2ncnc2c1C. The van der Waals surface area contributed by atoms with Crippen LogP contribution < -0.4 is 4.90 Å². The van der Waals surface area contributed by atoms with Gasteiger partial charge in [-0.1, -0.05) is 32.1 Å². The Morgan fingerprint density at radius 1 is 1.15 bits per heavy atom. The second-order valence-corrected chi connectivity index (χ2v) is 11.6. The highest BCUT2D eigenvalue weighted by Gasteiger charge is 2.36. The Morgan fingerprint density at radius 3 is 2.59 bits per heavy atom. The van der Waals surface area contributed by atoms with Crippen LogP contribution in [-0.4, -0.2) is 75.4 Å². The normalized spacial score (nSPS) is 18.9. The van der Waals surface area contributed by atoms with Crippen molar-refractivity contribution in [2.45, 2.75) is 40.5 Å². The maximum absolute atomic E-state index is 5.44. The molecule has 0 atom stereocenters. The zero-order chi connectivity index (χ0) is 23.6. The Morgan fingerprint density at radius 2 is 1.91 bits per heavy atom. The number of aromatic nitrogens is 5. The number of piperazine rings is 1. The summed E-state index contributed by atoms with van der Waals surface area (Å²) in [6, 6.07) is 0. The van der Waals surface area contributed by atoms with Gasteiger partial charge in [0.1, 0.15) is 16.7 Å². The lowest BCUT2D eigenvalue weighted by atomic mass is 9.88. The molecule has 180 valence electrons. The van der Waals surface area contributed by atoms with Gasteiger partial charge in [0.15, 0.2) is 10.8 Å². The van der Waals surface area contributed by atoms with Gasteiger partial charge in [0.25, 0.3) is 0 Å². The summed E-state index contributed by atoms with van der Waals surface area (Å²) in [4.78, 5) is 19.5. The number of pyridine rings is 1. The molecule has 1 N–H and O–H groups in total. The third-order valence-corrected chi connectivity index (χ3v) is 8.53.